The van der Waals surface area contributed by atoms with Gasteiger partial charge in [-0.25, -0.2) is 12.8 Å². The molecule has 224 valence electrons. The van der Waals surface area contributed by atoms with Gasteiger partial charge in [-0.1, -0.05) is 67.3 Å². The number of rotatable bonds is 11. The first kappa shape index (κ1) is 31.5. The van der Waals surface area contributed by atoms with Gasteiger partial charge in [0, 0.05) is 17.6 Å². The molecule has 7 nitrogen and oxygen atoms in total. The molecule has 3 aromatic rings. The van der Waals surface area contributed by atoms with E-state index in [0.717, 1.165) is 35.6 Å². The lowest BCUT2D eigenvalue weighted by molar-refractivity contribution is -0.140. The second-order valence-corrected chi connectivity index (χ2v) is 13.1. The molecule has 0 spiro atoms. The fourth-order valence-electron chi connectivity index (χ4n) is 5.28. The first-order valence-corrected chi connectivity index (χ1v) is 16.0. The molecule has 0 heterocycles. The second kappa shape index (κ2) is 13.7. The highest BCUT2D eigenvalue weighted by Crippen LogP contribution is 2.30. The summed E-state index contributed by atoms with van der Waals surface area (Å²) in [6.07, 6.45) is 4.14. The third-order valence-corrected chi connectivity index (χ3v) is 9.69. The van der Waals surface area contributed by atoms with Gasteiger partial charge in [0.15, 0.2) is 0 Å². The molecule has 42 heavy (non-hydrogen) atoms. The van der Waals surface area contributed by atoms with Crippen molar-refractivity contribution in [1.82, 2.24) is 10.2 Å². The minimum absolute atomic E-state index is 0.00263. The van der Waals surface area contributed by atoms with Crippen molar-refractivity contribution in [2.75, 3.05) is 10.8 Å². The quantitative estimate of drug-likeness (QED) is 0.281. The summed E-state index contributed by atoms with van der Waals surface area (Å²) >= 11 is 6.29. The standard InChI is InChI=1S/C32H37ClFN3O4S/c1-4-29(32(39)35-27-7-5-6-8-27)36(20-24-12-15-26(34)16-13-24)31(38)21-37(30-19-25(33)14-11-23(30)3)42(40,41)28-17-9-22(2)10-18-28/h9-19,27,29H,4-8,20-21H2,1-3H3,(H,35,39). The van der Waals surface area contributed by atoms with E-state index in [1.807, 2.05) is 13.8 Å². The summed E-state index contributed by atoms with van der Waals surface area (Å²) in [7, 11) is -4.21. The summed E-state index contributed by atoms with van der Waals surface area (Å²) in [6.45, 7) is 4.85. The fraction of sp³-hybridized carbons (Fsp3) is 0.375. The monoisotopic (exact) mass is 613 g/mol. The fourth-order valence-corrected chi connectivity index (χ4v) is 6.91. The van der Waals surface area contributed by atoms with Crippen molar-refractivity contribution in [3.63, 3.8) is 0 Å². The molecule has 0 aliphatic heterocycles. The van der Waals surface area contributed by atoms with E-state index in [-0.39, 0.29) is 29.1 Å². The maximum Gasteiger partial charge on any atom is 0.264 e. The molecule has 1 saturated carbocycles. The summed E-state index contributed by atoms with van der Waals surface area (Å²) in [5.41, 5.74) is 2.38. The molecule has 1 aliphatic carbocycles. The highest BCUT2D eigenvalue weighted by Gasteiger charge is 2.35. The predicted molar refractivity (Wildman–Crippen MR) is 163 cm³/mol. The Balaban J connectivity index is 1.74. The van der Waals surface area contributed by atoms with Gasteiger partial charge in [-0.2, -0.15) is 0 Å². The number of anilines is 1. The SMILES string of the molecule is CCC(C(=O)NC1CCCC1)N(Cc1ccc(F)cc1)C(=O)CN(c1cc(Cl)ccc1C)S(=O)(=O)c1ccc(C)cc1. The van der Waals surface area contributed by atoms with Crippen LogP contribution < -0.4 is 9.62 Å². The molecule has 0 aromatic heterocycles. The van der Waals surface area contributed by atoms with Crippen LogP contribution in [0.5, 0.6) is 0 Å². The Morgan fingerprint density at radius 1 is 1.00 bits per heavy atom. The molecule has 2 amide bonds. The van der Waals surface area contributed by atoms with E-state index in [0.29, 0.717) is 22.6 Å². The van der Waals surface area contributed by atoms with Gasteiger partial charge in [0.2, 0.25) is 11.8 Å². The minimum atomic E-state index is -4.21. The van der Waals surface area contributed by atoms with Crippen LogP contribution in [0.2, 0.25) is 5.02 Å². The number of sulfonamides is 1. The van der Waals surface area contributed by atoms with Crippen molar-refractivity contribution in [2.24, 2.45) is 0 Å². The number of nitrogens with zero attached hydrogens (tertiary/aromatic N) is 2. The third kappa shape index (κ3) is 7.50. The topological polar surface area (TPSA) is 86.8 Å². The van der Waals surface area contributed by atoms with Crippen LogP contribution in [0.25, 0.3) is 0 Å². The lowest BCUT2D eigenvalue weighted by Crippen LogP contribution is -2.53. The Kier molecular flexibility index (Phi) is 10.3. The van der Waals surface area contributed by atoms with Crippen LogP contribution in [-0.4, -0.2) is 43.8 Å². The normalized spacial score (nSPS) is 14.4. The Labute approximate surface area is 252 Å². The number of benzene rings is 3. The number of hydrogen-bond donors (Lipinski definition) is 1. The summed E-state index contributed by atoms with van der Waals surface area (Å²) in [5.74, 6) is -1.27. The van der Waals surface area contributed by atoms with Gasteiger partial charge < -0.3 is 10.2 Å². The first-order valence-electron chi connectivity index (χ1n) is 14.2. The van der Waals surface area contributed by atoms with Crippen molar-refractivity contribution < 1.29 is 22.4 Å². The molecular formula is C32H37ClFN3O4S. The molecule has 10 heteroatoms. The Morgan fingerprint density at radius 3 is 2.26 bits per heavy atom. The number of nitrogens with one attached hydrogen (secondary N) is 1. The van der Waals surface area contributed by atoms with Gasteiger partial charge in [0.05, 0.1) is 10.6 Å². The number of aryl methyl sites for hydroxylation is 2. The molecule has 4 rings (SSSR count). The number of amides is 2. The number of halogens is 2. The van der Waals surface area contributed by atoms with Crippen LogP contribution in [0.1, 0.15) is 55.7 Å². The maximum absolute atomic E-state index is 14.2. The zero-order chi connectivity index (χ0) is 30.4. The summed E-state index contributed by atoms with van der Waals surface area (Å²) in [4.78, 5) is 29.1. The van der Waals surface area contributed by atoms with Crippen LogP contribution in [0.4, 0.5) is 10.1 Å². The second-order valence-electron chi connectivity index (χ2n) is 10.8. The van der Waals surface area contributed by atoms with Crippen LogP contribution in [0.3, 0.4) is 0 Å². The first-order chi connectivity index (χ1) is 20.0. The molecule has 3 aromatic carbocycles. The van der Waals surface area contributed by atoms with E-state index in [1.165, 1.54) is 35.2 Å². The zero-order valence-corrected chi connectivity index (χ0v) is 25.7. The summed E-state index contributed by atoms with van der Waals surface area (Å²) < 4.78 is 42.8. The average Bonchev–Trinajstić information content (AvgIpc) is 3.47. The Bertz CT molecular complexity index is 1510. The van der Waals surface area contributed by atoms with E-state index in [9.17, 15) is 22.4 Å². The third-order valence-electron chi connectivity index (χ3n) is 7.68. The predicted octanol–water partition coefficient (Wildman–Crippen LogP) is 6.16. The smallest absolute Gasteiger partial charge is 0.264 e. The molecule has 1 atom stereocenters. The Morgan fingerprint density at radius 2 is 1.64 bits per heavy atom. The minimum Gasteiger partial charge on any atom is -0.352 e. The van der Waals surface area contributed by atoms with Crippen LogP contribution in [-0.2, 0) is 26.2 Å². The molecule has 1 N–H and O–H groups in total. The number of carbonyl (C=O) groups is 2. The van der Waals surface area contributed by atoms with E-state index in [1.54, 1.807) is 43.3 Å². The van der Waals surface area contributed by atoms with Crippen molar-refractivity contribution in [3.05, 3.63) is 94.3 Å². The van der Waals surface area contributed by atoms with Gasteiger partial charge in [-0.05, 0) is 80.6 Å². The summed E-state index contributed by atoms with van der Waals surface area (Å²) in [6, 6.07) is 16.1. The van der Waals surface area contributed by atoms with Crippen LogP contribution in [0.15, 0.2) is 71.6 Å². The van der Waals surface area contributed by atoms with Gasteiger partial charge in [-0.3, -0.25) is 13.9 Å². The van der Waals surface area contributed by atoms with Gasteiger partial charge in [-0.15, -0.1) is 0 Å². The molecule has 1 aliphatic rings. The molecule has 1 fully saturated rings. The summed E-state index contributed by atoms with van der Waals surface area (Å²) in [5, 5.41) is 3.40. The van der Waals surface area contributed by atoms with Crippen LogP contribution in [0, 0.1) is 19.7 Å². The highest BCUT2D eigenvalue weighted by molar-refractivity contribution is 7.92. The van der Waals surface area contributed by atoms with E-state index < -0.39 is 34.3 Å². The van der Waals surface area contributed by atoms with Gasteiger partial charge in [0.25, 0.3) is 10.0 Å². The van der Waals surface area contributed by atoms with Crippen molar-refractivity contribution in [2.45, 2.75) is 76.4 Å². The highest BCUT2D eigenvalue weighted by atomic mass is 35.5. The molecule has 1 unspecified atom stereocenters. The van der Waals surface area contributed by atoms with Crippen molar-refractivity contribution >= 4 is 39.1 Å². The largest absolute Gasteiger partial charge is 0.352 e. The zero-order valence-electron chi connectivity index (χ0n) is 24.1. The van der Waals surface area contributed by atoms with E-state index >= 15 is 0 Å². The van der Waals surface area contributed by atoms with E-state index in [4.69, 9.17) is 11.6 Å². The average molecular weight is 614 g/mol. The number of hydrogen-bond acceptors (Lipinski definition) is 4. The van der Waals surface area contributed by atoms with E-state index in [2.05, 4.69) is 5.32 Å². The van der Waals surface area contributed by atoms with Gasteiger partial charge in [0.1, 0.15) is 18.4 Å². The van der Waals surface area contributed by atoms with Gasteiger partial charge >= 0.3 is 0 Å². The van der Waals surface area contributed by atoms with Crippen LogP contribution >= 0.6 is 11.6 Å². The number of carbonyl (C=O) groups excluding carboxylic acids is 2. The molecule has 0 radical (unpaired) electrons. The maximum atomic E-state index is 14.2. The lowest BCUT2D eigenvalue weighted by Gasteiger charge is -2.34. The van der Waals surface area contributed by atoms with Crippen molar-refractivity contribution in [3.8, 4) is 0 Å². The molecular weight excluding hydrogens is 577 g/mol. The van der Waals surface area contributed by atoms with Crippen molar-refractivity contribution in [1.29, 1.82) is 0 Å². The lowest BCUT2D eigenvalue weighted by atomic mass is 10.1. The Hall–Kier alpha value is -3.43. The molecule has 0 bridgehead atoms. The molecule has 0 saturated heterocycles.